The van der Waals surface area contributed by atoms with Crippen LogP contribution in [0.25, 0.3) is 21.5 Å². The van der Waals surface area contributed by atoms with E-state index < -0.39 is 0 Å². The summed E-state index contributed by atoms with van der Waals surface area (Å²) in [6, 6.07) is 29.3. The molecule has 0 fully saturated rings. The minimum atomic E-state index is 0. The molecule has 0 aliphatic rings. The summed E-state index contributed by atoms with van der Waals surface area (Å²) in [6.07, 6.45) is 2.28. The fourth-order valence-electron chi connectivity index (χ4n) is 2.14. The maximum absolute atomic E-state index is 3.60. The van der Waals surface area contributed by atoms with Gasteiger partial charge >= 0.3 is 26.2 Å². The maximum Gasteiger partial charge on any atom is 4.00 e. The molecule has 0 unspecified atom stereocenters. The summed E-state index contributed by atoms with van der Waals surface area (Å²) in [7, 11) is 0. The molecule has 128 valence electrons. The zero-order valence-corrected chi connectivity index (χ0v) is 17.9. The molecule has 0 aromatic heterocycles. The Balaban J connectivity index is 0.000000345. The van der Waals surface area contributed by atoms with Crippen molar-refractivity contribution in [3.63, 3.8) is 0 Å². The Morgan fingerprint density at radius 3 is 1.40 bits per heavy atom. The molecule has 4 aromatic carbocycles. The van der Waals surface area contributed by atoms with E-state index >= 15 is 0 Å². The number of benzene rings is 2. The standard InChI is InChI=1S/2C9H7.C4H9.C2H5.Zr/c2*1-2-5-9-7-3-6-8(9)4-1;1-3-4-2;1-2;/h2*1-7H;1,3-4H2,2H3;1H2,2H3;/q4*-1;+4. The third-order valence-corrected chi connectivity index (χ3v) is 3.45. The Bertz CT molecular complexity index is 648. The zero-order chi connectivity index (χ0) is 17.6. The van der Waals surface area contributed by atoms with Gasteiger partial charge in [-0.15, -0.1) is 59.3 Å². The molecule has 0 spiro atoms. The van der Waals surface area contributed by atoms with Crippen LogP contribution in [0.4, 0.5) is 0 Å². The first-order chi connectivity index (χ1) is 11.8. The second-order valence-corrected chi connectivity index (χ2v) is 5.16. The summed E-state index contributed by atoms with van der Waals surface area (Å²) >= 11 is 0. The Morgan fingerprint density at radius 2 is 1.08 bits per heavy atom. The Morgan fingerprint density at radius 1 is 0.720 bits per heavy atom. The van der Waals surface area contributed by atoms with Crippen molar-refractivity contribution in [2.24, 2.45) is 0 Å². The molecular formula is C24H28Zr. The molecule has 0 saturated heterocycles. The van der Waals surface area contributed by atoms with E-state index in [0.717, 1.165) is 6.42 Å². The minimum Gasteiger partial charge on any atom is -0.346 e. The molecule has 0 N–H and O–H groups in total. The fraction of sp³-hybridized carbons (Fsp3) is 0.167. The van der Waals surface area contributed by atoms with Crippen LogP contribution in [-0.4, -0.2) is 0 Å². The molecule has 0 radical (unpaired) electrons. The van der Waals surface area contributed by atoms with Gasteiger partial charge in [0.15, 0.2) is 0 Å². The van der Waals surface area contributed by atoms with Gasteiger partial charge in [-0.2, -0.15) is 48.4 Å². The van der Waals surface area contributed by atoms with Gasteiger partial charge < -0.3 is 13.8 Å². The van der Waals surface area contributed by atoms with Crippen LogP contribution in [0.15, 0.2) is 84.9 Å². The van der Waals surface area contributed by atoms with Crippen LogP contribution in [0, 0.1) is 13.8 Å². The van der Waals surface area contributed by atoms with Gasteiger partial charge in [-0.3, -0.25) is 0 Å². The van der Waals surface area contributed by atoms with Gasteiger partial charge in [-0.05, 0) is 0 Å². The molecule has 0 amide bonds. The predicted octanol–water partition coefficient (Wildman–Crippen LogP) is 7.58. The summed E-state index contributed by atoms with van der Waals surface area (Å²) in [4.78, 5) is 0. The van der Waals surface area contributed by atoms with E-state index in [4.69, 9.17) is 0 Å². The number of rotatable bonds is 1. The quantitative estimate of drug-likeness (QED) is 0.285. The molecule has 0 bridgehead atoms. The van der Waals surface area contributed by atoms with Crippen molar-refractivity contribution in [1.82, 2.24) is 0 Å². The molecule has 4 rings (SSSR count). The van der Waals surface area contributed by atoms with Crippen LogP contribution in [-0.2, 0) is 26.2 Å². The Labute approximate surface area is 172 Å². The van der Waals surface area contributed by atoms with Crippen LogP contribution in [0.5, 0.6) is 0 Å². The van der Waals surface area contributed by atoms with Crippen LogP contribution in [0.2, 0.25) is 0 Å². The van der Waals surface area contributed by atoms with Gasteiger partial charge in [-0.1, -0.05) is 25.5 Å². The van der Waals surface area contributed by atoms with E-state index in [1.807, 2.05) is 0 Å². The number of hydrogen-bond acceptors (Lipinski definition) is 0. The molecule has 0 heterocycles. The van der Waals surface area contributed by atoms with Crippen molar-refractivity contribution in [3.8, 4) is 0 Å². The second kappa shape index (κ2) is 14.9. The van der Waals surface area contributed by atoms with Crippen molar-refractivity contribution >= 4 is 21.5 Å². The van der Waals surface area contributed by atoms with Crippen LogP contribution in [0.3, 0.4) is 0 Å². The normalized spacial score (nSPS) is 8.80. The van der Waals surface area contributed by atoms with Gasteiger partial charge in [-0.25, -0.2) is 0 Å². The largest absolute Gasteiger partial charge is 4.00 e. The monoisotopic (exact) mass is 406 g/mol. The molecule has 0 aliphatic carbocycles. The first kappa shape index (κ1) is 23.5. The van der Waals surface area contributed by atoms with Gasteiger partial charge in [0.1, 0.15) is 0 Å². The average molecular weight is 408 g/mol. The van der Waals surface area contributed by atoms with Crippen LogP contribution >= 0.6 is 0 Å². The van der Waals surface area contributed by atoms with Gasteiger partial charge in [0.25, 0.3) is 0 Å². The second-order valence-electron chi connectivity index (χ2n) is 5.16. The van der Waals surface area contributed by atoms with E-state index in [1.54, 1.807) is 6.92 Å². The van der Waals surface area contributed by atoms with Crippen molar-refractivity contribution < 1.29 is 26.2 Å². The third-order valence-electron chi connectivity index (χ3n) is 3.45. The number of fused-ring (bicyclic) bond motifs is 2. The van der Waals surface area contributed by atoms with Crippen molar-refractivity contribution in [3.05, 3.63) is 98.8 Å². The van der Waals surface area contributed by atoms with Gasteiger partial charge in [0, 0.05) is 0 Å². The summed E-state index contributed by atoms with van der Waals surface area (Å²) in [5.74, 6) is 0. The number of unbranched alkanes of at least 4 members (excludes halogenated alkanes) is 1. The summed E-state index contributed by atoms with van der Waals surface area (Å²) in [6.45, 7) is 10.7. The summed E-state index contributed by atoms with van der Waals surface area (Å²) in [5.41, 5.74) is 0. The maximum atomic E-state index is 3.60. The summed E-state index contributed by atoms with van der Waals surface area (Å²) < 4.78 is 0. The predicted molar refractivity (Wildman–Crippen MR) is 110 cm³/mol. The smallest absolute Gasteiger partial charge is 0.346 e. The molecule has 0 atom stereocenters. The van der Waals surface area contributed by atoms with E-state index in [0.29, 0.717) is 0 Å². The van der Waals surface area contributed by atoms with E-state index in [9.17, 15) is 0 Å². The van der Waals surface area contributed by atoms with Crippen molar-refractivity contribution in [1.29, 1.82) is 0 Å². The Hall–Kier alpha value is -1.46. The van der Waals surface area contributed by atoms with Gasteiger partial charge in [0.05, 0.1) is 0 Å². The number of hydrogen-bond donors (Lipinski definition) is 0. The molecule has 1 heteroatoms. The molecule has 0 saturated carbocycles. The first-order valence-electron chi connectivity index (χ1n) is 8.56. The Kier molecular flexibility index (Phi) is 14.0. The molecule has 0 aliphatic heterocycles. The molecule has 4 aromatic rings. The van der Waals surface area contributed by atoms with E-state index in [-0.39, 0.29) is 26.2 Å². The molecule has 25 heavy (non-hydrogen) atoms. The third kappa shape index (κ3) is 8.46. The molecule has 0 nitrogen and oxygen atoms in total. The van der Waals surface area contributed by atoms with Crippen molar-refractivity contribution in [2.45, 2.75) is 26.7 Å². The van der Waals surface area contributed by atoms with E-state index in [2.05, 4.69) is 106 Å². The SMILES string of the molecule is [CH2-]C.[CH2-]CCC.[Zr+4].c1ccc2[cH-]ccc2c1.c1ccc2[cH-]ccc2c1. The minimum absolute atomic E-state index is 0. The van der Waals surface area contributed by atoms with Gasteiger partial charge in [0.2, 0.25) is 0 Å². The van der Waals surface area contributed by atoms with Crippen LogP contribution < -0.4 is 0 Å². The topological polar surface area (TPSA) is 0 Å². The van der Waals surface area contributed by atoms with Crippen molar-refractivity contribution in [2.75, 3.05) is 0 Å². The first-order valence-corrected chi connectivity index (χ1v) is 8.56. The average Bonchev–Trinajstić information content (AvgIpc) is 3.33. The molecular weight excluding hydrogens is 379 g/mol. The van der Waals surface area contributed by atoms with Crippen LogP contribution in [0.1, 0.15) is 26.7 Å². The van der Waals surface area contributed by atoms with E-state index in [1.165, 1.54) is 28.0 Å². The summed E-state index contributed by atoms with van der Waals surface area (Å²) in [5, 5.41) is 5.32. The zero-order valence-electron chi connectivity index (χ0n) is 15.4. The fourth-order valence-corrected chi connectivity index (χ4v) is 2.14.